The largest absolute Gasteiger partial charge is 0.279 e. The van der Waals surface area contributed by atoms with E-state index >= 15 is 0 Å². The van der Waals surface area contributed by atoms with Crippen LogP contribution >= 0.6 is 9.12 Å². The Bertz CT molecular complexity index is 365. The SMILES string of the molecule is O=P.c1ccc2c(c1)-c1ccccc1-2. The Morgan fingerprint density at radius 2 is 0.786 bits per heavy atom. The zero-order valence-corrected chi connectivity index (χ0v) is 8.53. The third-order valence-electron chi connectivity index (χ3n) is 2.43. The van der Waals surface area contributed by atoms with E-state index in [1.807, 2.05) is 0 Å². The Kier molecular flexibility index (Phi) is 2.43. The molecule has 1 aliphatic carbocycles. The Morgan fingerprint density at radius 1 is 0.571 bits per heavy atom. The quantitative estimate of drug-likeness (QED) is 0.504. The van der Waals surface area contributed by atoms with E-state index in [0.29, 0.717) is 0 Å². The van der Waals surface area contributed by atoms with E-state index in [4.69, 9.17) is 4.57 Å². The van der Waals surface area contributed by atoms with E-state index in [1.165, 1.54) is 22.3 Å². The molecule has 1 aliphatic rings. The van der Waals surface area contributed by atoms with Crippen LogP contribution in [0.4, 0.5) is 0 Å². The van der Waals surface area contributed by atoms with E-state index < -0.39 is 0 Å². The number of benzene rings is 2. The predicted molar refractivity (Wildman–Crippen MR) is 59.9 cm³/mol. The van der Waals surface area contributed by atoms with Crippen LogP contribution in [0.1, 0.15) is 0 Å². The highest BCUT2D eigenvalue weighted by Gasteiger charge is 2.19. The Morgan fingerprint density at radius 3 is 1.00 bits per heavy atom. The molecule has 0 amide bonds. The second kappa shape index (κ2) is 3.73. The lowest BCUT2D eigenvalue weighted by molar-refractivity contribution is 0.607. The monoisotopic (exact) mass is 200 g/mol. The van der Waals surface area contributed by atoms with Crippen LogP contribution in [-0.2, 0) is 4.57 Å². The fourth-order valence-electron chi connectivity index (χ4n) is 1.84. The van der Waals surface area contributed by atoms with Gasteiger partial charge in [-0.2, -0.15) is 0 Å². The van der Waals surface area contributed by atoms with Gasteiger partial charge in [0.05, 0.1) is 0 Å². The van der Waals surface area contributed by atoms with Crippen molar-refractivity contribution in [3.8, 4) is 22.3 Å². The van der Waals surface area contributed by atoms with Crippen molar-refractivity contribution in [2.45, 2.75) is 0 Å². The van der Waals surface area contributed by atoms with Crippen LogP contribution in [0.15, 0.2) is 48.5 Å². The first-order valence-electron chi connectivity index (χ1n) is 4.36. The maximum absolute atomic E-state index is 8.06. The molecule has 3 rings (SSSR count). The van der Waals surface area contributed by atoms with E-state index in [1.54, 1.807) is 9.12 Å². The van der Waals surface area contributed by atoms with Crippen molar-refractivity contribution in [2.24, 2.45) is 0 Å². The predicted octanol–water partition coefficient (Wildman–Crippen LogP) is 3.81. The Hall–Kier alpha value is -1.46. The van der Waals surface area contributed by atoms with Gasteiger partial charge in [0.1, 0.15) is 9.12 Å². The molecule has 68 valence electrons. The van der Waals surface area contributed by atoms with Gasteiger partial charge in [0.2, 0.25) is 0 Å². The lowest BCUT2D eigenvalue weighted by Crippen LogP contribution is -1.96. The smallest absolute Gasteiger partial charge is 0.138 e. The zero-order valence-electron chi connectivity index (χ0n) is 7.53. The lowest BCUT2D eigenvalue weighted by atomic mass is 9.81. The van der Waals surface area contributed by atoms with Gasteiger partial charge in [0.25, 0.3) is 0 Å². The molecular weight excluding hydrogens is 191 g/mol. The van der Waals surface area contributed by atoms with Crippen LogP contribution in [0.5, 0.6) is 0 Å². The molecule has 0 aliphatic heterocycles. The molecule has 0 saturated carbocycles. The van der Waals surface area contributed by atoms with Crippen molar-refractivity contribution in [1.29, 1.82) is 0 Å². The summed E-state index contributed by atoms with van der Waals surface area (Å²) in [6.45, 7) is 0. The van der Waals surface area contributed by atoms with Gasteiger partial charge >= 0.3 is 0 Å². The summed E-state index contributed by atoms with van der Waals surface area (Å²) in [4.78, 5) is 0. The summed E-state index contributed by atoms with van der Waals surface area (Å²) in [6, 6.07) is 17.1. The number of hydrogen-bond donors (Lipinski definition) is 0. The molecule has 0 spiro atoms. The van der Waals surface area contributed by atoms with Crippen LogP contribution in [0.3, 0.4) is 0 Å². The highest BCUT2D eigenvalue weighted by Crippen LogP contribution is 2.46. The summed E-state index contributed by atoms with van der Waals surface area (Å²) >= 11 is 0. The molecule has 0 unspecified atom stereocenters. The summed E-state index contributed by atoms with van der Waals surface area (Å²) in [5.74, 6) is 0. The van der Waals surface area contributed by atoms with Gasteiger partial charge in [-0.25, -0.2) is 0 Å². The van der Waals surface area contributed by atoms with Gasteiger partial charge in [0, 0.05) is 0 Å². The molecule has 1 nitrogen and oxygen atoms in total. The molecule has 2 aromatic rings. The third-order valence-corrected chi connectivity index (χ3v) is 2.43. The fraction of sp³-hybridized carbons (Fsp3) is 0. The molecule has 0 fully saturated rings. The van der Waals surface area contributed by atoms with Crippen LogP contribution in [0, 0.1) is 0 Å². The second-order valence-electron chi connectivity index (χ2n) is 3.09. The Labute approximate surface area is 85.0 Å². The van der Waals surface area contributed by atoms with Crippen LogP contribution in [-0.4, -0.2) is 0 Å². The van der Waals surface area contributed by atoms with Gasteiger partial charge in [-0.05, 0) is 22.3 Å². The number of fused-ring (bicyclic) bond motifs is 4. The third kappa shape index (κ3) is 1.18. The average Bonchev–Trinajstić information content (AvgIpc) is 2.29. The van der Waals surface area contributed by atoms with Crippen molar-refractivity contribution in [2.75, 3.05) is 0 Å². The van der Waals surface area contributed by atoms with Crippen molar-refractivity contribution >= 4 is 9.12 Å². The normalized spacial score (nSPS) is 10.0. The first kappa shape index (κ1) is 9.11. The minimum Gasteiger partial charge on any atom is -0.279 e. The van der Waals surface area contributed by atoms with Crippen LogP contribution in [0.2, 0.25) is 0 Å². The van der Waals surface area contributed by atoms with Gasteiger partial charge in [-0.15, -0.1) is 0 Å². The van der Waals surface area contributed by atoms with E-state index in [-0.39, 0.29) is 0 Å². The lowest BCUT2D eigenvalue weighted by Gasteiger charge is -2.22. The maximum Gasteiger partial charge on any atom is 0.138 e. The topological polar surface area (TPSA) is 17.1 Å². The van der Waals surface area contributed by atoms with Gasteiger partial charge in [-0.3, -0.25) is 4.57 Å². The maximum atomic E-state index is 8.06. The molecule has 0 saturated heterocycles. The van der Waals surface area contributed by atoms with Crippen molar-refractivity contribution in [3.63, 3.8) is 0 Å². The minimum atomic E-state index is 1.40. The number of hydrogen-bond acceptors (Lipinski definition) is 1. The van der Waals surface area contributed by atoms with E-state index in [2.05, 4.69) is 48.5 Å². The molecule has 2 heteroatoms. The average molecular weight is 200 g/mol. The van der Waals surface area contributed by atoms with Gasteiger partial charge < -0.3 is 0 Å². The minimum absolute atomic E-state index is 1.40. The molecule has 0 N–H and O–H groups in total. The fourth-order valence-corrected chi connectivity index (χ4v) is 1.84. The molecule has 0 radical (unpaired) electrons. The second-order valence-corrected chi connectivity index (χ2v) is 3.09. The summed E-state index contributed by atoms with van der Waals surface area (Å²) in [5.41, 5.74) is 5.59. The molecule has 0 bridgehead atoms. The highest BCUT2D eigenvalue weighted by molar-refractivity contribution is 7.00. The standard InChI is InChI=1S/C12H8.HOP/c1-2-6-10-9(5-1)11-7-3-4-8-12(10)11;1-2/h1-8H;2H. The Balaban J connectivity index is 0.000000354. The van der Waals surface area contributed by atoms with E-state index in [0.717, 1.165) is 0 Å². The number of rotatable bonds is 0. The van der Waals surface area contributed by atoms with Crippen LogP contribution in [0.25, 0.3) is 22.3 Å². The molecule has 2 aromatic carbocycles. The van der Waals surface area contributed by atoms with Crippen molar-refractivity contribution in [3.05, 3.63) is 48.5 Å². The molecular formula is C12H9OP. The summed E-state index contributed by atoms with van der Waals surface area (Å²) in [5, 5.41) is 0. The summed E-state index contributed by atoms with van der Waals surface area (Å²) in [6.07, 6.45) is 0. The van der Waals surface area contributed by atoms with E-state index in [9.17, 15) is 0 Å². The van der Waals surface area contributed by atoms with Crippen molar-refractivity contribution < 1.29 is 4.57 Å². The summed E-state index contributed by atoms with van der Waals surface area (Å²) < 4.78 is 8.06. The van der Waals surface area contributed by atoms with Gasteiger partial charge in [0.15, 0.2) is 0 Å². The molecule has 14 heavy (non-hydrogen) atoms. The molecule has 0 atom stereocenters. The molecule has 0 heterocycles. The highest BCUT2D eigenvalue weighted by atomic mass is 31.0. The van der Waals surface area contributed by atoms with Gasteiger partial charge in [-0.1, -0.05) is 48.5 Å². The van der Waals surface area contributed by atoms with Crippen molar-refractivity contribution in [1.82, 2.24) is 0 Å². The first-order valence-corrected chi connectivity index (χ1v) is 4.77. The first-order chi connectivity index (χ1) is 6.97. The zero-order chi connectivity index (χ0) is 9.97. The molecule has 0 aromatic heterocycles. The van der Waals surface area contributed by atoms with Crippen LogP contribution < -0.4 is 0 Å². The summed E-state index contributed by atoms with van der Waals surface area (Å²) in [7, 11) is 1.72.